The van der Waals surface area contributed by atoms with Gasteiger partial charge < -0.3 is 20.9 Å². The first kappa shape index (κ1) is 32.8. The number of nitrogens with two attached hydrogens (primary N) is 2. The lowest BCUT2D eigenvalue weighted by molar-refractivity contribution is -0.191. The van der Waals surface area contributed by atoms with Crippen LogP contribution in [0.25, 0.3) is 11.1 Å². The van der Waals surface area contributed by atoms with Gasteiger partial charge in [0.25, 0.3) is 0 Å². The van der Waals surface area contributed by atoms with Crippen molar-refractivity contribution < 1.29 is 19.1 Å². The molecule has 4 N–H and O–H groups in total. The summed E-state index contributed by atoms with van der Waals surface area (Å²) < 4.78 is 13.5. The normalized spacial score (nSPS) is 24.5. The fourth-order valence-electron chi connectivity index (χ4n) is 6.86. The molecule has 4 aliphatic heterocycles. The zero-order valence-corrected chi connectivity index (χ0v) is 29.6. The first-order valence-electron chi connectivity index (χ1n) is 16.6. The van der Waals surface area contributed by atoms with Gasteiger partial charge in [-0.2, -0.15) is 0 Å². The van der Waals surface area contributed by atoms with Crippen molar-refractivity contribution in [2.24, 2.45) is 21.5 Å². The summed E-state index contributed by atoms with van der Waals surface area (Å²) in [4.78, 5) is 25.8. The number of halogens is 1. The summed E-state index contributed by atoms with van der Waals surface area (Å²) >= 11 is 3.51. The van der Waals surface area contributed by atoms with Gasteiger partial charge >= 0.3 is 0 Å². The number of guanidine groups is 2. The van der Waals surface area contributed by atoms with E-state index in [0.29, 0.717) is 24.8 Å². The lowest BCUT2D eigenvalue weighted by atomic mass is 9.88. The molecular formula is C39H36BrN7O4. The smallest absolute Gasteiger partial charge is 0.222 e. The van der Waals surface area contributed by atoms with E-state index in [2.05, 4.69) is 44.1 Å². The summed E-state index contributed by atoms with van der Waals surface area (Å²) in [6.45, 7) is 0. The van der Waals surface area contributed by atoms with Crippen molar-refractivity contribution in [3.8, 4) is 22.6 Å². The highest BCUT2D eigenvalue weighted by atomic mass is 79.9. The Labute approximate surface area is 304 Å². The lowest BCUT2D eigenvalue weighted by Gasteiger charge is -2.37. The third-order valence-corrected chi connectivity index (χ3v) is 9.87. The van der Waals surface area contributed by atoms with Crippen LogP contribution in [0.2, 0.25) is 0 Å². The van der Waals surface area contributed by atoms with E-state index < -0.39 is 11.4 Å². The highest BCUT2D eigenvalue weighted by Gasteiger charge is 2.50. The van der Waals surface area contributed by atoms with E-state index in [1.54, 1.807) is 20.3 Å². The zero-order chi connectivity index (χ0) is 35.2. The van der Waals surface area contributed by atoms with Gasteiger partial charge in [0.1, 0.15) is 23.7 Å². The van der Waals surface area contributed by atoms with Crippen molar-refractivity contribution in [2.45, 2.75) is 36.5 Å². The summed E-state index contributed by atoms with van der Waals surface area (Å²) in [6.07, 6.45) is 4.37. The molecule has 0 saturated heterocycles. The fraction of sp³-hybridized carbons (Fsp3) is 0.205. The molecule has 0 aliphatic carbocycles. The van der Waals surface area contributed by atoms with Crippen molar-refractivity contribution in [2.75, 3.05) is 14.1 Å². The van der Waals surface area contributed by atoms with Crippen LogP contribution in [0.3, 0.4) is 0 Å². The van der Waals surface area contributed by atoms with E-state index in [0.717, 1.165) is 49.4 Å². The molecule has 4 aliphatic rings. The number of nitrogens with zero attached hydrogens (tertiary/aromatic N) is 5. The number of hydrogen-bond acceptors (Lipinski definition) is 11. The summed E-state index contributed by atoms with van der Waals surface area (Å²) in [6, 6.07) is 36.1. The fourth-order valence-corrected chi connectivity index (χ4v) is 7.22. The summed E-state index contributed by atoms with van der Waals surface area (Å²) in [5, 5.41) is 3.03. The number of hydroxylamine groups is 4. The molecule has 0 amide bonds. The van der Waals surface area contributed by atoms with Crippen LogP contribution in [0.15, 0.2) is 136 Å². The Kier molecular flexibility index (Phi) is 8.37. The van der Waals surface area contributed by atoms with Crippen molar-refractivity contribution in [3.63, 3.8) is 0 Å². The van der Waals surface area contributed by atoms with Crippen molar-refractivity contribution in [1.82, 2.24) is 15.1 Å². The Morgan fingerprint density at radius 1 is 0.647 bits per heavy atom. The molecular weight excluding hydrogens is 710 g/mol. The first-order chi connectivity index (χ1) is 24.7. The van der Waals surface area contributed by atoms with E-state index in [1.165, 1.54) is 10.1 Å². The van der Waals surface area contributed by atoms with Gasteiger partial charge in [-0.3, -0.25) is 4.98 Å². The quantitative estimate of drug-likeness (QED) is 0.202. The van der Waals surface area contributed by atoms with E-state index >= 15 is 0 Å². The molecule has 2 spiro atoms. The monoisotopic (exact) mass is 745 g/mol. The minimum Gasteiger partial charge on any atom is -0.485 e. The van der Waals surface area contributed by atoms with Crippen LogP contribution in [0.1, 0.15) is 47.3 Å². The van der Waals surface area contributed by atoms with Gasteiger partial charge in [0.05, 0.1) is 11.1 Å². The maximum absolute atomic E-state index is 6.34. The van der Waals surface area contributed by atoms with Gasteiger partial charge in [0.2, 0.25) is 23.4 Å². The Morgan fingerprint density at radius 2 is 1.18 bits per heavy atom. The van der Waals surface area contributed by atoms with Gasteiger partial charge in [-0.05, 0) is 53.1 Å². The van der Waals surface area contributed by atoms with Crippen molar-refractivity contribution >= 4 is 27.8 Å². The number of ether oxygens (including phenoxy) is 2. The van der Waals surface area contributed by atoms with E-state index in [1.807, 2.05) is 97.2 Å². The van der Waals surface area contributed by atoms with E-state index in [9.17, 15) is 0 Å². The summed E-state index contributed by atoms with van der Waals surface area (Å²) in [5.41, 5.74) is 16.2. The molecule has 0 fully saturated rings. The van der Waals surface area contributed by atoms with Crippen molar-refractivity contribution in [1.29, 1.82) is 0 Å². The highest BCUT2D eigenvalue weighted by molar-refractivity contribution is 9.10. The largest absolute Gasteiger partial charge is 0.485 e. The van der Waals surface area contributed by atoms with E-state index in [4.69, 9.17) is 35.6 Å². The van der Waals surface area contributed by atoms with Gasteiger partial charge in [-0.15, -0.1) is 0 Å². The Bertz CT molecular complexity index is 2120. The highest BCUT2D eigenvalue weighted by Crippen LogP contribution is 2.52. The predicted molar refractivity (Wildman–Crippen MR) is 197 cm³/mol. The van der Waals surface area contributed by atoms with E-state index in [-0.39, 0.29) is 12.2 Å². The SMILES string of the molecule is CN1OC2(CC(c3ccccc3)Oc3ccc(-c4cccnc4)cc32)N=C1N.CN1OC2(CC(c3ccccc3)Oc3ccc(Br)cc32)N=C1N. The maximum atomic E-state index is 6.34. The lowest BCUT2D eigenvalue weighted by Crippen LogP contribution is -2.36. The van der Waals surface area contributed by atoms with Gasteiger partial charge in [-0.1, -0.05) is 88.7 Å². The predicted octanol–water partition coefficient (Wildman–Crippen LogP) is 6.93. The molecule has 51 heavy (non-hydrogen) atoms. The summed E-state index contributed by atoms with van der Waals surface area (Å²) in [5.74, 6) is 2.23. The Hall–Kier alpha value is -5.43. The third-order valence-electron chi connectivity index (χ3n) is 9.37. The third kappa shape index (κ3) is 6.15. The van der Waals surface area contributed by atoms with Crippen LogP contribution < -0.4 is 20.9 Å². The molecule has 5 heterocycles. The molecule has 9 rings (SSSR count). The molecule has 258 valence electrons. The second-order valence-electron chi connectivity index (χ2n) is 12.7. The molecule has 0 bridgehead atoms. The zero-order valence-electron chi connectivity index (χ0n) is 28.0. The number of rotatable bonds is 3. The molecule has 4 atom stereocenters. The number of hydrogen-bond donors (Lipinski definition) is 2. The topological polar surface area (TPSA) is 133 Å². The Morgan fingerprint density at radius 3 is 1.67 bits per heavy atom. The molecule has 0 radical (unpaired) electrons. The average Bonchev–Trinajstić information content (AvgIpc) is 3.61. The molecule has 1 aromatic heterocycles. The van der Waals surface area contributed by atoms with Gasteiger partial charge in [-0.25, -0.2) is 29.8 Å². The van der Waals surface area contributed by atoms with Crippen LogP contribution in [-0.4, -0.2) is 41.1 Å². The van der Waals surface area contributed by atoms with Gasteiger partial charge in [0, 0.05) is 49.4 Å². The molecule has 4 aromatic carbocycles. The average molecular weight is 747 g/mol. The maximum Gasteiger partial charge on any atom is 0.222 e. The molecule has 4 unspecified atom stereocenters. The number of aromatic nitrogens is 1. The van der Waals surface area contributed by atoms with Crippen LogP contribution in [0.4, 0.5) is 0 Å². The number of benzene rings is 4. The summed E-state index contributed by atoms with van der Waals surface area (Å²) in [7, 11) is 3.53. The standard InChI is InChI=1S/C22H20N4O2.C17H16BrN3O2/c1-26-21(23)25-22(28-26)13-20(15-6-3-2-4-7-15)27-19-10-9-16(12-18(19)22)17-8-5-11-24-14-17;1-21-16(19)20-17(23-21)10-15(11-5-3-2-4-6-11)22-14-8-7-12(18)9-13(14)17/h2-12,14,20H,13H2,1H3,(H2,23,25);2-9,15H,10H2,1H3,(H2,19,20). The van der Waals surface area contributed by atoms with Crippen molar-refractivity contribution in [3.05, 3.63) is 148 Å². The van der Waals surface area contributed by atoms with Crippen LogP contribution in [0, 0.1) is 0 Å². The molecule has 5 aromatic rings. The first-order valence-corrected chi connectivity index (χ1v) is 17.4. The number of pyridine rings is 1. The van der Waals surface area contributed by atoms with Crippen LogP contribution >= 0.6 is 15.9 Å². The molecule has 12 heteroatoms. The van der Waals surface area contributed by atoms with Crippen LogP contribution in [0.5, 0.6) is 11.5 Å². The molecule has 11 nitrogen and oxygen atoms in total. The second-order valence-corrected chi connectivity index (χ2v) is 13.6. The van der Waals surface area contributed by atoms with Gasteiger partial charge in [0.15, 0.2) is 0 Å². The Balaban J connectivity index is 0.000000150. The minimum absolute atomic E-state index is 0.145. The molecule has 0 saturated carbocycles. The number of aliphatic imine (C=N–C) groups is 2. The minimum atomic E-state index is -0.912. The van der Waals surface area contributed by atoms with Crippen LogP contribution in [-0.2, 0) is 21.1 Å². The number of fused-ring (bicyclic) bond motifs is 4. The second kappa shape index (κ2) is 13.0.